The lowest BCUT2D eigenvalue weighted by Crippen LogP contribution is -2.30. The van der Waals surface area contributed by atoms with Crippen LogP contribution in [0.5, 0.6) is 0 Å². The number of allylic oxidation sites excluding steroid dienone is 2. The van der Waals surface area contributed by atoms with Gasteiger partial charge in [0.05, 0.1) is 17.1 Å². The van der Waals surface area contributed by atoms with Crippen LogP contribution in [0.15, 0.2) is 224 Å². The largest absolute Gasteiger partial charge is 0.334 e. The quantitative estimate of drug-likeness (QED) is 0.152. The van der Waals surface area contributed by atoms with Gasteiger partial charge in [0.1, 0.15) is 0 Å². The van der Waals surface area contributed by atoms with Gasteiger partial charge in [-0.1, -0.05) is 170 Å². The van der Waals surface area contributed by atoms with Crippen molar-refractivity contribution >= 4 is 38.8 Å². The Kier molecular flexibility index (Phi) is 8.70. The highest BCUT2D eigenvalue weighted by Crippen LogP contribution is 2.41. The number of para-hydroxylation sites is 3. The van der Waals surface area contributed by atoms with E-state index in [1.165, 1.54) is 83.4 Å². The minimum absolute atomic E-state index is 0.143. The van der Waals surface area contributed by atoms with Gasteiger partial charge in [0.2, 0.25) is 0 Å². The van der Waals surface area contributed by atoms with E-state index in [-0.39, 0.29) is 6.04 Å². The molecule has 266 valence electrons. The Labute approximate surface area is 328 Å². The molecule has 1 aliphatic rings. The van der Waals surface area contributed by atoms with Gasteiger partial charge in [-0.05, 0) is 106 Å². The second kappa shape index (κ2) is 14.6. The van der Waals surface area contributed by atoms with Crippen LogP contribution in [0.1, 0.15) is 12.0 Å². The molecule has 0 saturated heterocycles. The Balaban J connectivity index is 1.03. The minimum atomic E-state index is 0.143. The van der Waals surface area contributed by atoms with Crippen molar-refractivity contribution in [2.24, 2.45) is 0 Å². The van der Waals surface area contributed by atoms with Crippen LogP contribution in [-0.2, 0) is 0 Å². The molecule has 56 heavy (non-hydrogen) atoms. The van der Waals surface area contributed by atoms with Crippen molar-refractivity contribution in [3.05, 3.63) is 230 Å². The zero-order valence-corrected chi connectivity index (χ0v) is 31.0. The number of benzene rings is 8. The van der Waals surface area contributed by atoms with Gasteiger partial charge in [-0.3, -0.25) is 0 Å². The summed E-state index contributed by atoms with van der Waals surface area (Å²) < 4.78 is 2.39. The molecule has 0 fully saturated rings. The average molecular weight is 717 g/mol. The smallest absolute Gasteiger partial charge is 0.0560 e. The maximum absolute atomic E-state index is 2.49. The maximum Gasteiger partial charge on any atom is 0.0560 e. The van der Waals surface area contributed by atoms with Crippen molar-refractivity contribution in [2.75, 3.05) is 4.90 Å². The Morgan fingerprint density at radius 2 is 1.04 bits per heavy atom. The summed E-state index contributed by atoms with van der Waals surface area (Å²) in [6.45, 7) is 0. The third-order valence-electron chi connectivity index (χ3n) is 11.1. The number of hydrogen-bond acceptors (Lipinski definition) is 1. The van der Waals surface area contributed by atoms with E-state index in [9.17, 15) is 0 Å². The van der Waals surface area contributed by atoms with Crippen LogP contribution in [0.2, 0.25) is 0 Å². The molecule has 9 aromatic rings. The van der Waals surface area contributed by atoms with Crippen LogP contribution in [-0.4, -0.2) is 10.6 Å². The fourth-order valence-corrected chi connectivity index (χ4v) is 8.52. The SMILES string of the molecule is C1=CC(N(c2ccccc2)c2cccc(-c3cccc4c3c3ccccc3n4-c3ccccc3)c2)CC=C1c1ccc(-c2ccccc2)c(-c2ccccc2)c1. The van der Waals surface area contributed by atoms with Crippen molar-refractivity contribution in [3.8, 4) is 39.1 Å². The van der Waals surface area contributed by atoms with Gasteiger partial charge in [0.25, 0.3) is 0 Å². The summed E-state index contributed by atoms with van der Waals surface area (Å²) in [7, 11) is 0. The van der Waals surface area contributed by atoms with E-state index in [4.69, 9.17) is 0 Å². The zero-order chi connectivity index (χ0) is 37.3. The van der Waals surface area contributed by atoms with Gasteiger partial charge in [0.15, 0.2) is 0 Å². The Bertz CT molecular complexity index is 2870. The summed E-state index contributed by atoms with van der Waals surface area (Å²) in [6, 6.07) is 74.6. The normalized spacial score (nSPS) is 13.9. The number of nitrogens with zero attached hydrogens (tertiary/aromatic N) is 2. The Hall–Kier alpha value is -7.16. The Morgan fingerprint density at radius 1 is 0.429 bits per heavy atom. The molecule has 2 heteroatoms. The first-order valence-corrected chi connectivity index (χ1v) is 19.5. The molecule has 0 spiro atoms. The average Bonchev–Trinajstić information content (AvgIpc) is 3.63. The Morgan fingerprint density at radius 3 is 1.77 bits per heavy atom. The van der Waals surface area contributed by atoms with Crippen LogP contribution >= 0.6 is 0 Å². The molecule has 1 heterocycles. The van der Waals surface area contributed by atoms with Crippen LogP contribution in [0.25, 0.3) is 66.4 Å². The number of anilines is 2. The molecule has 0 saturated carbocycles. The fraction of sp³-hybridized carbons (Fsp3) is 0.0370. The summed E-state index contributed by atoms with van der Waals surface area (Å²) in [5.41, 5.74) is 15.8. The molecule has 1 unspecified atom stereocenters. The van der Waals surface area contributed by atoms with Crippen LogP contribution in [0.3, 0.4) is 0 Å². The number of aromatic nitrogens is 1. The third-order valence-corrected chi connectivity index (χ3v) is 11.1. The van der Waals surface area contributed by atoms with Crippen molar-refractivity contribution < 1.29 is 0 Å². The summed E-state index contributed by atoms with van der Waals surface area (Å²) in [6.07, 6.45) is 8.00. The first kappa shape index (κ1) is 33.4. The lowest BCUT2D eigenvalue weighted by Gasteiger charge is -2.33. The van der Waals surface area contributed by atoms with Crippen LogP contribution < -0.4 is 4.90 Å². The molecule has 0 radical (unpaired) electrons. The van der Waals surface area contributed by atoms with Gasteiger partial charge in [0, 0.05) is 27.8 Å². The monoisotopic (exact) mass is 716 g/mol. The van der Waals surface area contributed by atoms with Gasteiger partial charge >= 0.3 is 0 Å². The highest BCUT2D eigenvalue weighted by atomic mass is 15.2. The molecule has 2 nitrogen and oxygen atoms in total. The topological polar surface area (TPSA) is 8.17 Å². The molecular formula is C54H40N2. The van der Waals surface area contributed by atoms with E-state index in [0.29, 0.717) is 0 Å². The summed E-state index contributed by atoms with van der Waals surface area (Å²) in [5.74, 6) is 0. The minimum Gasteiger partial charge on any atom is -0.334 e. The van der Waals surface area contributed by atoms with E-state index in [1.54, 1.807) is 0 Å². The van der Waals surface area contributed by atoms with Crippen molar-refractivity contribution in [3.63, 3.8) is 0 Å². The summed E-state index contributed by atoms with van der Waals surface area (Å²) >= 11 is 0. The van der Waals surface area contributed by atoms with E-state index >= 15 is 0 Å². The van der Waals surface area contributed by atoms with Crippen LogP contribution in [0.4, 0.5) is 11.4 Å². The summed E-state index contributed by atoms with van der Waals surface area (Å²) in [5, 5.41) is 2.53. The first-order chi connectivity index (χ1) is 27.8. The zero-order valence-electron chi connectivity index (χ0n) is 31.0. The number of hydrogen-bond donors (Lipinski definition) is 0. The van der Waals surface area contributed by atoms with E-state index in [1.807, 2.05) is 0 Å². The maximum atomic E-state index is 2.49. The highest BCUT2D eigenvalue weighted by molar-refractivity contribution is 6.15. The first-order valence-electron chi connectivity index (χ1n) is 19.5. The molecule has 1 atom stereocenters. The molecule has 1 aliphatic carbocycles. The van der Waals surface area contributed by atoms with E-state index in [0.717, 1.165) is 6.42 Å². The molecule has 10 rings (SSSR count). The second-order valence-corrected chi connectivity index (χ2v) is 14.5. The van der Waals surface area contributed by atoms with E-state index < -0.39 is 0 Å². The molecular weight excluding hydrogens is 677 g/mol. The number of fused-ring (bicyclic) bond motifs is 3. The van der Waals surface area contributed by atoms with Gasteiger partial charge in [-0.2, -0.15) is 0 Å². The lowest BCUT2D eigenvalue weighted by molar-refractivity contribution is 0.787. The van der Waals surface area contributed by atoms with Crippen LogP contribution in [0, 0.1) is 0 Å². The second-order valence-electron chi connectivity index (χ2n) is 14.5. The molecule has 0 amide bonds. The molecule has 0 bridgehead atoms. The molecule has 1 aromatic heterocycles. The van der Waals surface area contributed by atoms with Crippen molar-refractivity contribution in [1.29, 1.82) is 0 Å². The van der Waals surface area contributed by atoms with Gasteiger partial charge in [-0.15, -0.1) is 0 Å². The number of rotatable bonds is 8. The predicted molar refractivity (Wildman–Crippen MR) is 238 cm³/mol. The van der Waals surface area contributed by atoms with Crippen molar-refractivity contribution in [1.82, 2.24) is 4.57 Å². The molecule has 8 aromatic carbocycles. The van der Waals surface area contributed by atoms with Gasteiger partial charge in [-0.25, -0.2) is 0 Å². The molecule has 0 N–H and O–H groups in total. The third kappa shape index (κ3) is 6.12. The fourth-order valence-electron chi connectivity index (χ4n) is 8.52. The highest BCUT2D eigenvalue weighted by Gasteiger charge is 2.23. The lowest BCUT2D eigenvalue weighted by atomic mass is 9.89. The van der Waals surface area contributed by atoms with Gasteiger partial charge < -0.3 is 9.47 Å². The predicted octanol–water partition coefficient (Wildman–Crippen LogP) is 14.3. The molecule has 0 aliphatic heterocycles. The summed E-state index contributed by atoms with van der Waals surface area (Å²) in [4.78, 5) is 2.49. The van der Waals surface area contributed by atoms with Crippen molar-refractivity contribution in [2.45, 2.75) is 12.5 Å². The van der Waals surface area contributed by atoms with E-state index in [2.05, 4.69) is 234 Å². The standard InChI is InChI=1S/C54H40N2/c1-5-17-40(18-6-1)48-36-33-42(38-51(48)41-19-7-2-8-20-41)39-31-34-46(35-32-39)55(44-22-9-3-10-23-44)47-26-15-21-43(37-47)49-28-16-30-53-54(49)50-27-13-14-29-52(50)56(53)45-24-11-4-12-25-45/h1-34,36-38,46H,35H2.